The maximum Gasteiger partial charge on any atom is 0.219 e. The third-order valence-electron chi connectivity index (χ3n) is 2.75. The van der Waals surface area contributed by atoms with Gasteiger partial charge in [-0.1, -0.05) is 0 Å². The fourth-order valence-corrected chi connectivity index (χ4v) is 1.93. The second kappa shape index (κ2) is 4.63. The first kappa shape index (κ1) is 11.7. The van der Waals surface area contributed by atoms with Crippen LogP contribution >= 0.6 is 0 Å². The van der Waals surface area contributed by atoms with Crippen LogP contribution in [0.3, 0.4) is 0 Å². The van der Waals surface area contributed by atoms with Gasteiger partial charge in [0, 0.05) is 12.5 Å². The Labute approximate surface area is 99.7 Å². The first-order chi connectivity index (χ1) is 8.08. The van der Waals surface area contributed by atoms with Crippen LogP contribution in [0.4, 0.5) is 0 Å². The number of primary amides is 1. The predicted octanol–water partition coefficient (Wildman–Crippen LogP) is 0.641. The third kappa shape index (κ3) is 2.50. The van der Waals surface area contributed by atoms with Gasteiger partial charge in [-0.05, 0) is 30.2 Å². The van der Waals surface area contributed by atoms with Crippen LogP contribution in [-0.4, -0.2) is 19.1 Å². The van der Waals surface area contributed by atoms with E-state index in [2.05, 4.69) is 0 Å². The van der Waals surface area contributed by atoms with Crippen molar-refractivity contribution in [2.24, 2.45) is 11.5 Å². The van der Waals surface area contributed by atoms with Crippen molar-refractivity contribution in [1.29, 1.82) is 0 Å². The summed E-state index contributed by atoms with van der Waals surface area (Å²) < 4.78 is 10.9. The number of ether oxygens (including phenoxy) is 2. The summed E-state index contributed by atoms with van der Waals surface area (Å²) in [7, 11) is 0. The summed E-state index contributed by atoms with van der Waals surface area (Å²) in [6, 6.07) is 3.31. The number of hydrogen-bond donors (Lipinski definition) is 2. The van der Waals surface area contributed by atoms with Crippen molar-refractivity contribution in [2.75, 3.05) is 13.2 Å². The van der Waals surface area contributed by atoms with E-state index in [0.717, 1.165) is 16.9 Å². The molecule has 1 aliphatic rings. The molecule has 1 aliphatic heterocycles. The van der Waals surface area contributed by atoms with Gasteiger partial charge in [0.2, 0.25) is 5.91 Å². The van der Waals surface area contributed by atoms with E-state index < -0.39 is 11.9 Å². The monoisotopic (exact) mass is 236 g/mol. The van der Waals surface area contributed by atoms with Crippen molar-refractivity contribution in [2.45, 2.75) is 19.4 Å². The molecule has 2 rings (SSSR count). The molecule has 1 aromatic rings. The highest BCUT2D eigenvalue weighted by Gasteiger charge is 2.18. The Balaban J connectivity index is 2.31. The molecule has 92 valence electrons. The first-order valence-electron chi connectivity index (χ1n) is 5.52. The van der Waals surface area contributed by atoms with Gasteiger partial charge in [0.05, 0.1) is 0 Å². The molecule has 0 aromatic heterocycles. The van der Waals surface area contributed by atoms with E-state index in [-0.39, 0.29) is 6.42 Å². The highest BCUT2D eigenvalue weighted by Crippen LogP contribution is 2.35. The van der Waals surface area contributed by atoms with Gasteiger partial charge in [-0.3, -0.25) is 4.79 Å². The number of hydrogen-bond acceptors (Lipinski definition) is 4. The van der Waals surface area contributed by atoms with Crippen molar-refractivity contribution in [3.8, 4) is 11.5 Å². The molecular weight excluding hydrogens is 220 g/mol. The Hall–Kier alpha value is -1.75. The van der Waals surface area contributed by atoms with Crippen LogP contribution in [0, 0.1) is 6.92 Å². The second-order valence-corrected chi connectivity index (χ2v) is 4.13. The number of amides is 1. The van der Waals surface area contributed by atoms with Crippen LogP contribution in [0.1, 0.15) is 23.6 Å². The molecule has 0 fully saturated rings. The minimum absolute atomic E-state index is 0.125. The lowest BCUT2D eigenvalue weighted by Gasteiger charge is -2.22. The largest absolute Gasteiger partial charge is 0.486 e. The molecule has 1 amide bonds. The van der Waals surface area contributed by atoms with Gasteiger partial charge in [-0.2, -0.15) is 0 Å². The molecule has 17 heavy (non-hydrogen) atoms. The van der Waals surface area contributed by atoms with Crippen LogP contribution in [0.5, 0.6) is 11.5 Å². The van der Waals surface area contributed by atoms with Gasteiger partial charge in [0.15, 0.2) is 11.5 Å². The van der Waals surface area contributed by atoms with Gasteiger partial charge in [-0.25, -0.2) is 0 Å². The van der Waals surface area contributed by atoms with Crippen LogP contribution in [0.15, 0.2) is 12.1 Å². The zero-order chi connectivity index (χ0) is 12.4. The summed E-state index contributed by atoms with van der Waals surface area (Å²) in [6.07, 6.45) is 0.125. The van der Waals surface area contributed by atoms with Crippen molar-refractivity contribution >= 4 is 5.91 Å². The molecule has 5 heteroatoms. The topological polar surface area (TPSA) is 87.6 Å². The van der Waals surface area contributed by atoms with Gasteiger partial charge >= 0.3 is 0 Å². The number of carbonyl (C=O) groups excluding carboxylic acids is 1. The Bertz CT molecular complexity index is 446. The average molecular weight is 236 g/mol. The molecule has 0 saturated heterocycles. The van der Waals surface area contributed by atoms with Gasteiger partial charge in [-0.15, -0.1) is 0 Å². The highest BCUT2D eigenvalue weighted by molar-refractivity contribution is 5.74. The summed E-state index contributed by atoms with van der Waals surface area (Å²) in [5.74, 6) is 0.993. The number of carbonyl (C=O) groups is 1. The van der Waals surface area contributed by atoms with Crippen molar-refractivity contribution in [3.63, 3.8) is 0 Å². The molecule has 0 radical (unpaired) electrons. The maximum atomic E-state index is 10.9. The van der Waals surface area contributed by atoms with Gasteiger partial charge in [0.1, 0.15) is 13.2 Å². The summed E-state index contributed by atoms with van der Waals surface area (Å²) in [4.78, 5) is 10.9. The number of rotatable bonds is 3. The molecular formula is C12H16N2O3. The lowest BCUT2D eigenvalue weighted by Crippen LogP contribution is -2.22. The van der Waals surface area contributed by atoms with Crippen molar-refractivity contribution < 1.29 is 14.3 Å². The summed E-state index contributed by atoms with van der Waals surface area (Å²) >= 11 is 0. The van der Waals surface area contributed by atoms with Crippen LogP contribution in [0.25, 0.3) is 0 Å². The van der Waals surface area contributed by atoms with Crippen LogP contribution in [-0.2, 0) is 4.79 Å². The number of aryl methyl sites for hydroxylation is 1. The smallest absolute Gasteiger partial charge is 0.219 e. The first-order valence-corrected chi connectivity index (χ1v) is 5.52. The lowest BCUT2D eigenvalue weighted by molar-refractivity contribution is -0.118. The highest BCUT2D eigenvalue weighted by atomic mass is 16.6. The second-order valence-electron chi connectivity index (χ2n) is 4.13. The third-order valence-corrected chi connectivity index (χ3v) is 2.75. The Morgan fingerprint density at radius 1 is 1.35 bits per heavy atom. The van der Waals surface area contributed by atoms with E-state index in [4.69, 9.17) is 20.9 Å². The van der Waals surface area contributed by atoms with E-state index in [1.165, 1.54) is 0 Å². The SMILES string of the molecule is Cc1cc2c(cc1C(N)CC(N)=O)OCCO2. The maximum absolute atomic E-state index is 10.9. The van der Waals surface area contributed by atoms with Gasteiger partial charge in [0.25, 0.3) is 0 Å². The predicted molar refractivity (Wildman–Crippen MR) is 62.9 cm³/mol. The molecule has 4 N–H and O–H groups in total. The molecule has 1 unspecified atom stereocenters. The van der Waals surface area contributed by atoms with E-state index in [1.807, 2.05) is 19.1 Å². The lowest BCUT2D eigenvalue weighted by atomic mass is 9.98. The molecule has 5 nitrogen and oxygen atoms in total. The quantitative estimate of drug-likeness (QED) is 0.806. The van der Waals surface area contributed by atoms with Crippen molar-refractivity contribution in [1.82, 2.24) is 0 Å². The van der Waals surface area contributed by atoms with E-state index in [9.17, 15) is 4.79 Å². The zero-order valence-corrected chi connectivity index (χ0v) is 9.73. The van der Waals surface area contributed by atoms with Crippen LogP contribution < -0.4 is 20.9 Å². The van der Waals surface area contributed by atoms with Crippen molar-refractivity contribution in [3.05, 3.63) is 23.3 Å². The molecule has 0 bridgehead atoms. The molecule has 0 saturated carbocycles. The average Bonchev–Trinajstić information content (AvgIpc) is 2.27. The molecule has 0 aliphatic carbocycles. The number of benzene rings is 1. The summed E-state index contributed by atoms with van der Waals surface area (Å²) in [6.45, 7) is 3.01. The minimum Gasteiger partial charge on any atom is -0.486 e. The van der Waals surface area contributed by atoms with E-state index in [0.29, 0.717) is 19.0 Å². The fraction of sp³-hybridized carbons (Fsp3) is 0.417. The Morgan fingerprint density at radius 3 is 2.53 bits per heavy atom. The Morgan fingerprint density at radius 2 is 1.94 bits per heavy atom. The molecule has 1 heterocycles. The van der Waals surface area contributed by atoms with E-state index in [1.54, 1.807) is 0 Å². The number of fused-ring (bicyclic) bond motifs is 1. The minimum atomic E-state index is -0.410. The molecule has 1 atom stereocenters. The fourth-order valence-electron chi connectivity index (χ4n) is 1.93. The standard InChI is InChI=1S/C12H16N2O3/c1-7-4-10-11(17-3-2-16-10)5-8(7)9(13)6-12(14)15/h4-5,9H,2-3,6,13H2,1H3,(H2,14,15). The van der Waals surface area contributed by atoms with Crippen LogP contribution in [0.2, 0.25) is 0 Å². The molecule has 0 spiro atoms. The zero-order valence-electron chi connectivity index (χ0n) is 9.73. The molecule has 1 aromatic carbocycles. The van der Waals surface area contributed by atoms with E-state index >= 15 is 0 Å². The normalized spacial score (nSPS) is 15.4. The van der Waals surface area contributed by atoms with Gasteiger partial charge < -0.3 is 20.9 Å². The summed E-state index contributed by atoms with van der Waals surface area (Å²) in [5, 5.41) is 0. The summed E-state index contributed by atoms with van der Waals surface area (Å²) in [5.41, 5.74) is 12.9. The Kier molecular flexibility index (Phi) is 3.19. The number of nitrogens with two attached hydrogens (primary N) is 2.